The largest absolute Gasteiger partial charge is 0.545 e. The van der Waals surface area contributed by atoms with E-state index in [0.717, 1.165) is 23.5 Å². The number of hydrogen-bond donors (Lipinski definition) is 0. The Kier molecular flexibility index (Phi) is 3.76. The minimum absolute atomic E-state index is 0.0907. The molecule has 0 saturated carbocycles. The third kappa shape index (κ3) is 3.16. The van der Waals surface area contributed by atoms with Crippen molar-refractivity contribution in [3.63, 3.8) is 0 Å². The molecule has 23 heavy (non-hydrogen) atoms. The van der Waals surface area contributed by atoms with E-state index in [9.17, 15) is 9.90 Å². The van der Waals surface area contributed by atoms with Crippen molar-refractivity contribution in [3.05, 3.63) is 59.2 Å². The van der Waals surface area contributed by atoms with Crippen LogP contribution in [0.3, 0.4) is 0 Å². The summed E-state index contributed by atoms with van der Waals surface area (Å²) < 4.78 is 5.83. The van der Waals surface area contributed by atoms with E-state index in [2.05, 4.69) is 37.8 Å². The predicted molar refractivity (Wildman–Crippen MR) is 87.6 cm³/mol. The van der Waals surface area contributed by atoms with Gasteiger partial charge in [-0.2, -0.15) is 0 Å². The average Bonchev–Trinajstić information content (AvgIpc) is 2.53. The molecular formula is C19H20NO3-. The first kappa shape index (κ1) is 15.4. The van der Waals surface area contributed by atoms with Crippen molar-refractivity contribution in [3.8, 4) is 5.75 Å². The van der Waals surface area contributed by atoms with Crippen molar-refractivity contribution in [2.75, 3.05) is 11.6 Å². The molecule has 120 valence electrons. The molecular weight excluding hydrogens is 290 g/mol. The molecule has 0 bridgehead atoms. The third-order valence-corrected chi connectivity index (χ3v) is 4.13. The molecule has 0 N–H and O–H groups in total. The van der Waals surface area contributed by atoms with Crippen molar-refractivity contribution in [2.45, 2.75) is 32.7 Å². The van der Waals surface area contributed by atoms with Crippen LogP contribution in [0.5, 0.6) is 5.75 Å². The van der Waals surface area contributed by atoms with E-state index in [4.69, 9.17) is 4.74 Å². The summed E-state index contributed by atoms with van der Waals surface area (Å²) in [6.07, 6.45) is 0. The molecule has 3 rings (SSSR count). The van der Waals surface area contributed by atoms with Crippen LogP contribution in [0, 0.1) is 0 Å². The molecule has 4 heteroatoms. The minimum atomic E-state index is -1.16. The second-order valence-electron chi connectivity index (χ2n) is 6.88. The lowest BCUT2D eigenvalue weighted by Crippen LogP contribution is -2.32. The van der Waals surface area contributed by atoms with Crippen LogP contribution < -0.4 is 14.7 Å². The summed E-state index contributed by atoms with van der Waals surface area (Å²) in [5, 5.41) is 10.8. The molecule has 4 nitrogen and oxygen atoms in total. The number of aromatic carboxylic acids is 1. The van der Waals surface area contributed by atoms with E-state index in [0.29, 0.717) is 6.73 Å². The highest BCUT2D eigenvalue weighted by Crippen LogP contribution is 2.32. The average molecular weight is 310 g/mol. The van der Waals surface area contributed by atoms with E-state index in [1.54, 1.807) is 24.3 Å². The van der Waals surface area contributed by atoms with Gasteiger partial charge in [-0.3, -0.25) is 0 Å². The first-order chi connectivity index (χ1) is 10.8. The minimum Gasteiger partial charge on any atom is -0.545 e. The van der Waals surface area contributed by atoms with Crippen molar-refractivity contribution in [2.24, 2.45) is 0 Å². The molecule has 0 radical (unpaired) electrons. The number of fused-ring (bicyclic) bond motifs is 1. The lowest BCUT2D eigenvalue weighted by Gasteiger charge is -2.32. The Morgan fingerprint density at radius 2 is 1.83 bits per heavy atom. The number of ether oxygens (including phenoxy) is 1. The Morgan fingerprint density at radius 3 is 2.43 bits per heavy atom. The summed E-state index contributed by atoms with van der Waals surface area (Å²) in [7, 11) is 0. The molecule has 1 aliphatic rings. The van der Waals surface area contributed by atoms with E-state index in [1.807, 2.05) is 6.07 Å². The molecule has 0 saturated heterocycles. The predicted octanol–water partition coefficient (Wildman–Crippen LogP) is 2.70. The zero-order valence-corrected chi connectivity index (χ0v) is 13.6. The van der Waals surface area contributed by atoms with Crippen LogP contribution in [0.25, 0.3) is 0 Å². The number of anilines is 1. The Morgan fingerprint density at radius 1 is 1.13 bits per heavy atom. The number of carbonyl (C=O) groups is 1. The van der Waals surface area contributed by atoms with Gasteiger partial charge >= 0.3 is 0 Å². The summed E-state index contributed by atoms with van der Waals surface area (Å²) in [6, 6.07) is 13.0. The Balaban J connectivity index is 1.85. The van der Waals surface area contributed by atoms with Gasteiger partial charge in [0.2, 0.25) is 0 Å². The Hall–Kier alpha value is -2.49. The summed E-state index contributed by atoms with van der Waals surface area (Å²) in [5.41, 5.74) is 3.62. The van der Waals surface area contributed by atoms with Gasteiger partial charge < -0.3 is 19.5 Å². The van der Waals surface area contributed by atoms with Crippen LogP contribution in [0.15, 0.2) is 42.5 Å². The fraction of sp³-hybridized carbons (Fsp3) is 0.316. The highest BCUT2D eigenvalue weighted by atomic mass is 16.5. The van der Waals surface area contributed by atoms with Gasteiger partial charge in [-0.05, 0) is 40.8 Å². The second kappa shape index (κ2) is 5.61. The quantitative estimate of drug-likeness (QED) is 0.856. The van der Waals surface area contributed by atoms with Crippen LogP contribution in [0.1, 0.15) is 42.3 Å². The molecule has 0 fully saturated rings. The molecule has 0 unspecified atom stereocenters. The zero-order chi connectivity index (χ0) is 16.6. The van der Waals surface area contributed by atoms with Crippen molar-refractivity contribution < 1.29 is 14.6 Å². The Labute approximate surface area is 136 Å². The first-order valence-corrected chi connectivity index (χ1v) is 7.67. The SMILES string of the molecule is CC(C)(C)c1ccc2c(c1)CN(c1ccc(C(=O)[O-])cc1)CO2. The number of rotatable bonds is 2. The lowest BCUT2D eigenvalue weighted by molar-refractivity contribution is -0.255. The third-order valence-electron chi connectivity index (χ3n) is 4.13. The summed E-state index contributed by atoms with van der Waals surface area (Å²) in [6.45, 7) is 7.76. The maximum atomic E-state index is 10.8. The highest BCUT2D eigenvalue weighted by Gasteiger charge is 2.21. The molecule has 2 aromatic rings. The van der Waals surface area contributed by atoms with Gasteiger partial charge in [0.25, 0.3) is 0 Å². The normalized spacial score (nSPS) is 14.1. The van der Waals surface area contributed by atoms with E-state index >= 15 is 0 Å². The number of hydrogen-bond acceptors (Lipinski definition) is 4. The van der Waals surface area contributed by atoms with E-state index in [-0.39, 0.29) is 11.0 Å². The fourth-order valence-corrected chi connectivity index (χ4v) is 2.68. The van der Waals surface area contributed by atoms with Gasteiger partial charge in [-0.15, -0.1) is 0 Å². The van der Waals surface area contributed by atoms with Gasteiger partial charge in [0.15, 0.2) is 6.73 Å². The van der Waals surface area contributed by atoms with E-state index < -0.39 is 5.97 Å². The number of benzene rings is 2. The monoisotopic (exact) mass is 310 g/mol. The second-order valence-corrected chi connectivity index (χ2v) is 6.88. The van der Waals surface area contributed by atoms with Crippen LogP contribution >= 0.6 is 0 Å². The molecule has 0 atom stereocenters. The summed E-state index contributed by atoms with van der Waals surface area (Å²) >= 11 is 0. The number of nitrogens with zero attached hydrogens (tertiary/aromatic N) is 1. The molecule has 0 aliphatic carbocycles. The first-order valence-electron chi connectivity index (χ1n) is 7.67. The van der Waals surface area contributed by atoms with Gasteiger partial charge in [-0.1, -0.05) is 39.0 Å². The van der Waals surface area contributed by atoms with Crippen molar-refractivity contribution >= 4 is 11.7 Å². The molecule has 0 aromatic heterocycles. The van der Waals surface area contributed by atoms with Gasteiger partial charge in [0.1, 0.15) is 5.75 Å². The standard InChI is InChI=1S/C19H21NO3/c1-19(2,3)15-6-9-17-14(10-15)11-20(12-23-17)16-7-4-13(5-8-16)18(21)22/h4-10H,11-12H2,1-3H3,(H,21,22)/p-1. The van der Waals surface area contributed by atoms with Crippen molar-refractivity contribution in [1.29, 1.82) is 0 Å². The van der Waals surface area contributed by atoms with Gasteiger partial charge in [-0.25, -0.2) is 0 Å². The zero-order valence-electron chi connectivity index (χ0n) is 13.6. The lowest BCUT2D eigenvalue weighted by atomic mass is 9.86. The highest BCUT2D eigenvalue weighted by molar-refractivity contribution is 5.86. The Bertz CT molecular complexity index is 729. The van der Waals surface area contributed by atoms with Crippen LogP contribution in [0.2, 0.25) is 0 Å². The maximum Gasteiger partial charge on any atom is 0.161 e. The fourth-order valence-electron chi connectivity index (χ4n) is 2.68. The van der Waals surface area contributed by atoms with Crippen LogP contribution in [0.4, 0.5) is 5.69 Å². The topological polar surface area (TPSA) is 52.6 Å². The summed E-state index contributed by atoms with van der Waals surface area (Å²) in [4.78, 5) is 12.9. The smallest absolute Gasteiger partial charge is 0.161 e. The van der Waals surface area contributed by atoms with Crippen molar-refractivity contribution in [1.82, 2.24) is 0 Å². The van der Waals surface area contributed by atoms with Gasteiger partial charge in [0.05, 0.1) is 5.97 Å². The molecule has 0 spiro atoms. The maximum absolute atomic E-state index is 10.8. The van der Waals surface area contributed by atoms with Crippen LogP contribution in [-0.4, -0.2) is 12.7 Å². The molecule has 1 heterocycles. The number of carboxylic acid groups (broad SMARTS) is 1. The number of carbonyl (C=O) groups excluding carboxylic acids is 1. The molecule has 0 amide bonds. The van der Waals surface area contributed by atoms with Gasteiger partial charge in [0, 0.05) is 17.8 Å². The van der Waals surface area contributed by atoms with E-state index in [1.165, 1.54) is 5.56 Å². The molecule has 2 aromatic carbocycles. The number of carboxylic acids is 1. The molecule has 1 aliphatic heterocycles. The summed E-state index contributed by atoms with van der Waals surface area (Å²) in [5.74, 6) is -0.243. The van der Waals surface area contributed by atoms with Crippen LogP contribution in [-0.2, 0) is 12.0 Å².